The van der Waals surface area contributed by atoms with Crippen molar-refractivity contribution in [2.24, 2.45) is 17.3 Å². The van der Waals surface area contributed by atoms with Crippen molar-refractivity contribution in [2.45, 2.75) is 39.5 Å². The summed E-state index contributed by atoms with van der Waals surface area (Å²) >= 11 is 0. The first-order valence-corrected chi connectivity index (χ1v) is 5.02. The molecule has 71 valence electrons. The van der Waals surface area contributed by atoms with Gasteiger partial charge in [-0.15, -0.1) is 0 Å². The topological polar surface area (TPSA) is 20.2 Å². The molecule has 1 N–H and O–H groups in total. The molecular formula is C11H21O. The molecule has 1 aliphatic carbocycles. The van der Waals surface area contributed by atoms with Crippen LogP contribution in [0.5, 0.6) is 0 Å². The van der Waals surface area contributed by atoms with E-state index in [2.05, 4.69) is 20.8 Å². The highest BCUT2D eigenvalue weighted by Gasteiger charge is 2.40. The largest absolute Gasteiger partial charge is 0.396 e. The van der Waals surface area contributed by atoms with E-state index in [4.69, 9.17) is 0 Å². The van der Waals surface area contributed by atoms with Gasteiger partial charge in [0.15, 0.2) is 0 Å². The Morgan fingerprint density at radius 2 is 2.08 bits per heavy atom. The fourth-order valence-electron chi connectivity index (χ4n) is 2.32. The Bertz CT molecular complexity index is 140. The van der Waals surface area contributed by atoms with E-state index in [9.17, 15) is 5.11 Å². The third-order valence-electron chi connectivity index (χ3n) is 3.40. The second kappa shape index (κ2) is 3.78. The van der Waals surface area contributed by atoms with Gasteiger partial charge in [0.25, 0.3) is 0 Å². The van der Waals surface area contributed by atoms with Gasteiger partial charge in [0.05, 0.1) is 0 Å². The van der Waals surface area contributed by atoms with Crippen LogP contribution in [0.3, 0.4) is 0 Å². The summed E-state index contributed by atoms with van der Waals surface area (Å²) in [6.07, 6.45) is 4.94. The molecule has 12 heavy (non-hydrogen) atoms. The van der Waals surface area contributed by atoms with Gasteiger partial charge in [-0.1, -0.05) is 33.6 Å². The Balaban J connectivity index is 2.42. The van der Waals surface area contributed by atoms with Crippen molar-refractivity contribution in [3.63, 3.8) is 0 Å². The average molecular weight is 169 g/mol. The number of rotatable bonds is 4. The van der Waals surface area contributed by atoms with Crippen molar-refractivity contribution < 1.29 is 5.11 Å². The van der Waals surface area contributed by atoms with E-state index in [1.165, 1.54) is 19.3 Å². The Morgan fingerprint density at radius 3 is 2.42 bits per heavy atom. The van der Waals surface area contributed by atoms with Gasteiger partial charge in [-0.3, -0.25) is 0 Å². The van der Waals surface area contributed by atoms with Crippen LogP contribution in [-0.2, 0) is 0 Å². The van der Waals surface area contributed by atoms with E-state index in [1.807, 2.05) is 0 Å². The molecule has 1 radical (unpaired) electrons. The van der Waals surface area contributed by atoms with Crippen LogP contribution in [-0.4, -0.2) is 11.7 Å². The zero-order chi connectivity index (χ0) is 9.19. The third-order valence-corrected chi connectivity index (χ3v) is 3.40. The minimum atomic E-state index is 0.137. The number of hydrogen-bond donors (Lipinski definition) is 1. The summed E-state index contributed by atoms with van der Waals surface area (Å²) in [5, 5.41) is 9.20. The molecule has 0 saturated heterocycles. The van der Waals surface area contributed by atoms with Crippen LogP contribution < -0.4 is 0 Å². The van der Waals surface area contributed by atoms with Crippen LogP contribution in [0, 0.1) is 24.2 Å². The van der Waals surface area contributed by atoms with Crippen molar-refractivity contribution in [1.82, 2.24) is 0 Å². The van der Waals surface area contributed by atoms with E-state index in [-0.39, 0.29) is 5.41 Å². The van der Waals surface area contributed by atoms with Crippen LogP contribution in [0.1, 0.15) is 39.5 Å². The maximum atomic E-state index is 9.20. The van der Waals surface area contributed by atoms with Gasteiger partial charge in [0.1, 0.15) is 0 Å². The quantitative estimate of drug-likeness (QED) is 0.686. The SMILES string of the molecule is [CH2]CCC1CCC1C(C)(C)CO. The van der Waals surface area contributed by atoms with Gasteiger partial charge in [-0.2, -0.15) is 0 Å². The Morgan fingerprint density at radius 1 is 1.42 bits per heavy atom. The molecule has 0 aromatic carbocycles. The molecule has 1 fully saturated rings. The summed E-state index contributed by atoms with van der Waals surface area (Å²) in [4.78, 5) is 0. The van der Waals surface area contributed by atoms with Crippen LogP contribution in [0.2, 0.25) is 0 Å². The molecule has 0 spiro atoms. The summed E-state index contributed by atoms with van der Waals surface area (Å²) in [5.41, 5.74) is 0.137. The van der Waals surface area contributed by atoms with Crippen LogP contribution >= 0.6 is 0 Å². The predicted molar refractivity (Wildman–Crippen MR) is 51.7 cm³/mol. The molecule has 0 aromatic heterocycles. The molecule has 1 heteroatoms. The van der Waals surface area contributed by atoms with Gasteiger partial charge in [-0.05, 0) is 30.1 Å². The van der Waals surface area contributed by atoms with E-state index in [0.717, 1.165) is 18.3 Å². The first-order valence-electron chi connectivity index (χ1n) is 5.02. The molecule has 2 atom stereocenters. The van der Waals surface area contributed by atoms with E-state index in [1.54, 1.807) is 0 Å². The smallest absolute Gasteiger partial charge is 0.0484 e. The number of hydrogen-bond acceptors (Lipinski definition) is 1. The molecule has 0 amide bonds. The fraction of sp³-hybridized carbons (Fsp3) is 0.909. The van der Waals surface area contributed by atoms with E-state index < -0.39 is 0 Å². The molecule has 1 aliphatic rings. The number of aliphatic hydroxyl groups is 1. The highest BCUT2D eigenvalue weighted by Crippen LogP contribution is 2.47. The summed E-state index contributed by atoms with van der Waals surface area (Å²) in [7, 11) is 0. The van der Waals surface area contributed by atoms with Crippen molar-refractivity contribution in [3.05, 3.63) is 6.92 Å². The zero-order valence-corrected chi connectivity index (χ0v) is 8.34. The fourth-order valence-corrected chi connectivity index (χ4v) is 2.32. The Labute approximate surface area is 76.2 Å². The van der Waals surface area contributed by atoms with Gasteiger partial charge in [0.2, 0.25) is 0 Å². The predicted octanol–water partition coefficient (Wildman–Crippen LogP) is 2.65. The minimum absolute atomic E-state index is 0.137. The summed E-state index contributed by atoms with van der Waals surface area (Å²) < 4.78 is 0. The molecule has 0 aromatic rings. The first-order chi connectivity index (χ1) is 5.61. The second-order valence-electron chi connectivity index (χ2n) is 4.73. The lowest BCUT2D eigenvalue weighted by molar-refractivity contribution is -0.00319. The second-order valence-corrected chi connectivity index (χ2v) is 4.73. The minimum Gasteiger partial charge on any atom is -0.396 e. The van der Waals surface area contributed by atoms with Gasteiger partial charge in [0, 0.05) is 6.61 Å². The monoisotopic (exact) mass is 169 g/mol. The molecule has 0 heterocycles. The van der Waals surface area contributed by atoms with Crippen LogP contribution in [0.15, 0.2) is 0 Å². The maximum absolute atomic E-state index is 9.20. The van der Waals surface area contributed by atoms with Crippen molar-refractivity contribution in [3.8, 4) is 0 Å². The van der Waals surface area contributed by atoms with Crippen molar-refractivity contribution in [1.29, 1.82) is 0 Å². The van der Waals surface area contributed by atoms with E-state index in [0.29, 0.717) is 6.61 Å². The zero-order valence-electron chi connectivity index (χ0n) is 8.34. The standard InChI is InChI=1S/C11H21O/c1-4-5-9-6-7-10(9)11(2,3)8-12/h9-10,12H,1,4-8H2,2-3H3. The summed E-state index contributed by atoms with van der Waals surface area (Å²) in [6, 6.07) is 0. The molecule has 1 nitrogen and oxygen atoms in total. The van der Waals surface area contributed by atoms with Gasteiger partial charge < -0.3 is 5.11 Å². The molecule has 0 aliphatic heterocycles. The first kappa shape index (κ1) is 10.0. The number of aliphatic hydroxyl groups excluding tert-OH is 1. The van der Waals surface area contributed by atoms with Crippen LogP contribution in [0.25, 0.3) is 0 Å². The lowest BCUT2D eigenvalue weighted by Gasteiger charge is -2.46. The average Bonchev–Trinajstić information content (AvgIpc) is 1.97. The highest BCUT2D eigenvalue weighted by molar-refractivity contribution is 4.90. The third kappa shape index (κ3) is 1.82. The van der Waals surface area contributed by atoms with Crippen molar-refractivity contribution >= 4 is 0 Å². The highest BCUT2D eigenvalue weighted by atomic mass is 16.3. The van der Waals surface area contributed by atoms with Gasteiger partial charge in [-0.25, -0.2) is 0 Å². The molecule has 0 bridgehead atoms. The lowest BCUT2D eigenvalue weighted by atomic mass is 9.60. The summed E-state index contributed by atoms with van der Waals surface area (Å²) in [5.74, 6) is 1.58. The molecular weight excluding hydrogens is 148 g/mol. The molecule has 1 saturated carbocycles. The molecule has 2 unspecified atom stereocenters. The van der Waals surface area contributed by atoms with Crippen molar-refractivity contribution in [2.75, 3.05) is 6.61 Å². The Kier molecular flexibility index (Phi) is 3.16. The summed E-state index contributed by atoms with van der Waals surface area (Å²) in [6.45, 7) is 8.56. The molecule has 1 rings (SSSR count). The normalized spacial score (nSPS) is 30.0. The maximum Gasteiger partial charge on any atom is 0.0484 e. The van der Waals surface area contributed by atoms with E-state index >= 15 is 0 Å². The lowest BCUT2D eigenvalue weighted by Crippen LogP contribution is -2.40. The van der Waals surface area contributed by atoms with Gasteiger partial charge >= 0.3 is 0 Å². The van der Waals surface area contributed by atoms with Crippen LogP contribution in [0.4, 0.5) is 0 Å². The Hall–Kier alpha value is -0.0400.